The van der Waals surface area contributed by atoms with Crippen molar-refractivity contribution >= 4 is 23.1 Å². The summed E-state index contributed by atoms with van der Waals surface area (Å²) in [7, 11) is 0. The van der Waals surface area contributed by atoms with E-state index in [0.717, 1.165) is 12.1 Å². The summed E-state index contributed by atoms with van der Waals surface area (Å²) in [6.45, 7) is 0. The van der Waals surface area contributed by atoms with Gasteiger partial charge in [0.05, 0.1) is 11.1 Å². The molecule has 4 N–H and O–H groups in total. The number of carbonyl (C=O) groups is 2. The molecule has 0 unspecified atom stereocenters. The van der Waals surface area contributed by atoms with E-state index in [2.05, 4.69) is 0 Å². The molecule has 0 aliphatic carbocycles. The molecule has 2 aromatic rings. The first kappa shape index (κ1) is 15.1. The second-order valence-corrected chi connectivity index (χ2v) is 4.46. The summed E-state index contributed by atoms with van der Waals surface area (Å²) in [5.41, 5.74) is -0.857. The number of carboxylic acid groups (broad SMARTS) is 2. The van der Waals surface area contributed by atoms with Crippen LogP contribution in [0.15, 0.2) is 48.5 Å². The minimum Gasteiger partial charge on any atom is -0.508 e. The molecule has 6 nitrogen and oxygen atoms in total. The summed E-state index contributed by atoms with van der Waals surface area (Å²) in [4.78, 5) is 23.1. The SMILES string of the molecule is O=C(O)/C(=C(/C(=O)O)c1cccc(O)c1)c1cccc(O)c1. The predicted octanol–water partition coefficient (Wildman–Crippen LogP) is 2.18. The first-order valence-electron chi connectivity index (χ1n) is 6.20. The van der Waals surface area contributed by atoms with Gasteiger partial charge >= 0.3 is 11.9 Å². The van der Waals surface area contributed by atoms with Crippen LogP contribution in [0.5, 0.6) is 11.5 Å². The minimum atomic E-state index is -1.45. The first-order chi connectivity index (χ1) is 10.4. The number of aliphatic carboxylic acids is 2. The maximum atomic E-state index is 11.6. The normalized spacial score (nSPS) is 11.6. The lowest BCUT2D eigenvalue weighted by atomic mass is 9.94. The number of rotatable bonds is 4. The Labute approximate surface area is 125 Å². The van der Waals surface area contributed by atoms with Gasteiger partial charge < -0.3 is 20.4 Å². The molecule has 0 radical (unpaired) electrons. The van der Waals surface area contributed by atoms with Crippen LogP contribution in [0.3, 0.4) is 0 Å². The number of aromatic hydroxyl groups is 2. The highest BCUT2D eigenvalue weighted by atomic mass is 16.4. The molecule has 0 aliphatic heterocycles. The Morgan fingerprint density at radius 3 is 1.32 bits per heavy atom. The summed E-state index contributed by atoms with van der Waals surface area (Å²) in [6, 6.07) is 10.6. The van der Waals surface area contributed by atoms with Gasteiger partial charge in [0.15, 0.2) is 0 Å². The van der Waals surface area contributed by atoms with Crippen molar-refractivity contribution in [3.8, 4) is 11.5 Å². The van der Waals surface area contributed by atoms with E-state index >= 15 is 0 Å². The van der Waals surface area contributed by atoms with Crippen LogP contribution >= 0.6 is 0 Å². The monoisotopic (exact) mass is 300 g/mol. The Hall–Kier alpha value is -3.28. The van der Waals surface area contributed by atoms with Gasteiger partial charge in [0.2, 0.25) is 0 Å². The molecule has 0 fully saturated rings. The van der Waals surface area contributed by atoms with Gasteiger partial charge in [0.1, 0.15) is 11.5 Å². The van der Waals surface area contributed by atoms with Gasteiger partial charge in [-0.1, -0.05) is 24.3 Å². The Balaban J connectivity index is 2.79. The fourth-order valence-corrected chi connectivity index (χ4v) is 2.07. The van der Waals surface area contributed by atoms with E-state index in [1.54, 1.807) is 0 Å². The molecule has 112 valence electrons. The Morgan fingerprint density at radius 2 is 1.05 bits per heavy atom. The van der Waals surface area contributed by atoms with Gasteiger partial charge in [0, 0.05) is 0 Å². The molecule has 6 heteroatoms. The third-order valence-corrected chi connectivity index (χ3v) is 2.95. The standard InChI is InChI=1S/C16H12O6/c17-11-5-1-3-9(7-11)13(15(19)20)14(16(21)22)10-4-2-6-12(18)8-10/h1-8,17-18H,(H,19,20)(H,21,22)/b14-13+. The Bertz CT molecular complexity index is 710. The minimum absolute atomic E-state index is 0.0493. The predicted molar refractivity (Wildman–Crippen MR) is 78.3 cm³/mol. The Kier molecular flexibility index (Phi) is 4.13. The van der Waals surface area contributed by atoms with Crippen LogP contribution in [0.4, 0.5) is 0 Å². The van der Waals surface area contributed by atoms with Crippen LogP contribution in [0.2, 0.25) is 0 Å². The van der Waals surface area contributed by atoms with Gasteiger partial charge in [-0.3, -0.25) is 0 Å². The topological polar surface area (TPSA) is 115 Å². The number of benzene rings is 2. The van der Waals surface area contributed by atoms with Gasteiger partial charge in [-0.2, -0.15) is 0 Å². The molecule has 0 saturated heterocycles. The van der Waals surface area contributed by atoms with Crippen molar-refractivity contribution in [1.82, 2.24) is 0 Å². The second-order valence-electron chi connectivity index (χ2n) is 4.46. The average molecular weight is 300 g/mol. The van der Waals surface area contributed by atoms with Crippen molar-refractivity contribution < 1.29 is 30.0 Å². The number of hydrogen-bond acceptors (Lipinski definition) is 4. The largest absolute Gasteiger partial charge is 0.508 e. The van der Waals surface area contributed by atoms with Gasteiger partial charge in [-0.25, -0.2) is 9.59 Å². The molecule has 22 heavy (non-hydrogen) atoms. The molecule has 0 atom stereocenters. The van der Waals surface area contributed by atoms with Crippen molar-refractivity contribution in [3.05, 3.63) is 59.7 Å². The first-order valence-corrected chi connectivity index (χ1v) is 6.20. The third kappa shape index (κ3) is 3.06. The van der Waals surface area contributed by atoms with E-state index in [0.29, 0.717) is 0 Å². The number of phenolic OH excluding ortho intramolecular Hbond substituents is 2. The van der Waals surface area contributed by atoms with Crippen LogP contribution in [0, 0.1) is 0 Å². The summed E-state index contributed by atoms with van der Waals surface area (Å²) in [5, 5.41) is 37.8. The lowest BCUT2D eigenvalue weighted by Gasteiger charge is -2.10. The molecular formula is C16H12O6. The van der Waals surface area contributed by atoms with Gasteiger partial charge in [0.25, 0.3) is 0 Å². The smallest absolute Gasteiger partial charge is 0.337 e. The summed E-state index contributed by atoms with van der Waals surface area (Å²) >= 11 is 0. The number of carboxylic acids is 2. The van der Waals surface area contributed by atoms with E-state index < -0.39 is 23.1 Å². The lowest BCUT2D eigenvalue weighted by molar-refractivity contribution is -0.132. The van der Waals surface area contributed by atoms with Gasteiger partial charge in [-0.05, 0) is 35.4 Å². The van der Waals surface area contributed by atoms with Crippen LogP contribution < -0.4 is 0 Å². The highest BCUT2D eigenvalue weighted by Crippen LogP contribution is 2.30. The maximum Gasteiger partial charge on any atom is 0.337 e. The highest BCUT2D eigenvalue weighted by molar-refractivity contribution is 6.36. The van der Waals surface area contributed by atoms with E-state index in [9.17, 15) is 30.0 Å². The summed E-state index contributed by atoms with van der Waals surface area (Å²) in [5.74, 6) is -3.27. The molecule has 2 aromatic carbocycles. The van der Waals surface area contributed by atoms with Crippen LogP contribution in [-0.4, -0.2) is 32.4 Å². The third-order valence-electron chi connectivity index (χ3n) is 2.95. The highest BCUT2D eigenvalue weighted by Gasteiger charge is 2.24. The van der Waals surface area contributed by atoms with Crippen molar-refractivity contribution in [2.24, 2.45) is 0 Å². The summed E-state index contributed by atoms with van der Waals surface area (Å²) < 4.78 is 0. The molecule has 0 saturated carbocycles. The van der Waals surface area contributed by atoms with E-state index in [1.807, 2.05) is 0 Å². The molecule has 0 heterocycles. The van der Waals surface area contributed by atoms with Crippen LogP contribution in [0.1, 0.15) is 11.1 Å². The van der Waals surface area contributed by atoms with Gasteiger partial charge in [-0.15, -0.1) is 0 Å². The molecule has 0 aliphatic rings. The number of phenols is 2. The molecule has 0 bridgehead atoms. The average Bonchev–Trinajstić information content (AvgIpc) is 2.43. The molecule has 2 rings (SSSR count). The van der Waals surface area contributed by atoms with Crippen molar-refractivity contribution in [2.45, 2.75) is 0 Å². The maximum absolute atomic E-state index is 11.6. The van der Waals surface area contributed by atoms with Crippen LogP contribution in [-0.2, 0) is 9.59 Å². The Morgan fingerprint density at radius 1 is 0.682 bits per heavy atom. The van der Waals surface area contributed by atoms with Crippen molar-refractivity contribution in [1.29, 1.82) is 0 Å². The van der Waals surface area contributed by atoms with Crippen LogP contribution in [0.25, 0.3) is 11.1 Å². The number of hydrogen-bond donors (Lipinski definition) is 4. The summed E-state index contributed by atoms with van der Waals surface area (Å²) in [6.07, 6.45) is 0. The zero-order valence-electron chi connectivity index (χ0n) is 11.2. The molecule has 0 aromatic heterocycles. The lowest BCUT2D eigenvalue weighted by Crippen LogP contribution is -2.10. The second kappa shape index (κ2) is 6.01. The van der Waals surface area contributed by atoms with E-state index in [-0.39, 0.29) is 22.6 Å². The molecule has 0 spiro atoms. The fraction of sp³-hybridized carbons (Fsp3) is 0. The molecule has 0 amide bonds. The zero-order chi connectivity index (χ0) is 16.3. The van der Waals surface area contributed by atoms with E-state index in [1.165, 1.54) is 36.4 Å². The molecular weight excluding hydrogens is 288 g/mol. The van der Waals surface area contributed by atoms with Crippen molar-refractivity contribution in [2.75, 3.05) is 0 Å². The zero-order valence-corrected chi connectivity index (χ0v) is 11.2. The van der Waals surface area contributed by atoms with Crippen molar-refractivity contribution in [3.63, 3.8) is 0 Å². The fourth-order valence-electron chi connectivity index (χ4n) is 2.07. The quantitative estimate of drug-likeness (QED) is 0.508. The van der Waals surface area contributed by atoms with E-state index in [4.69, 9.17) is 0 Å².